The normalized spacial score (nSPS) is 17.7. The van der Waals surface area contributed by atoms with Crippen molar-refractivity contribution in [2.24, 2.45) is 5.92 Å². The largest absolute Gasteiger partial charge is 0.497 e. The van der Waals surface area contributed by atoms with E-state index >= 15 is 0 Å². The van der Waals surface area contributed by atoms with E-state index in [0.29, 0.717) is 19.5 Å². The SMILES string of the molecule is COc1ccc(SCCNC(=O)[C@H]2CC(=O)N(C(C)C)C2)cc1. The Morgan fingerprint density at radius 1 is 1.39 bits per heavy atom. The van der Waals surface area contributed by atoms with Crippen molar-refractivity contribution in [2.45, 2.75) is 31.2 Å². The molecule has 0 aromatic heterocycles. The van der Waals surface area contributed by atoms with Crippen molar-refractivity contribution in [1.29, 1.82) is 0 Å². The third kappa shape index (κ3) is 4.89. The van der Waals surface area contributed by atoms with Crippen molar-refractivity contribution in [2.75, 3.05) is 26.0 Å². The summed E-state index contributed by atoms with van der Waals surface area (Å²) >= 11 is 1.68. The predicted molar refractivity (Wildman–Crippen MR) is 91.7 cm³/mol. The zero-order valence-electron chi connectivity index (χ0n) is 13.9. The fourth-order valence-electron chi connectivity index (χ4n) is 2.57. The van der Waals surface area contributed by atoms with Gasteiger partial charge < -0.3 is 15.0 Å². The Balaban J connectivity index is 1.70. The van der Waals surface area contributed by atoms with Gasteiger partial charge in [-0.3, -0.25) is 9.59 Å². The third-order valence-electron chi connectivity index (χ3n) is 3.88. The van der Waals surface area contributed by atoms with E-state index in [2.05, 4.69) is 5.32 Å². The van der Waals surface area contributed by atoms with Crippen LogP contribution in [-0.2, 0) is 9.59 Å². The zero-order valence-corrected chi connectivity index (χ0v) is 14.7. The number of hydrogen-bond donors (Lipinski definition) is 1. The molecule has 1 fully saturated rings. The topological polar surface area (TPSA) is 58.6 Å². The summed E-state index contributed by atoms with van der Waals surface area (Å²) in [5.41, 5.74) is 0. The number of thioether (sulfide) groups is 1. The summed E-state index contributed by atoms with van der Waals surface area (Å²) in [5, 5.41) is 2.93. The van der Waals surface area contributed by atoms with Crippen molar-refractivity contribution >= 4 is 23.6 Å². The van der Waals surface area contributed by atoms with Crippen molar-refractivity contribution in [1.82, 2.24) is 10.2 Å². The van der Waals surface area contributed by atoms with Gasteiger partial charge in [0.15, 0.2) is 0 Å². The van der Waals surface area contributed by atoms with Crippen LogP contribution in [0.2, 0.25) is 0 Å². The number of hydrogen-bond acceptors (Lipinski definition) is 4. The fourth-order valence-corrected chi connectivity index (χ4v) is 3.33. The Hall–Kier alpha value is -1.69. The van der Waals surface area contributed by atoms with Gasteiger partial charge in [-0.15, -0.1) is 11.8 Å². The first-order valence-electron chi connectivity index (χ1n) is 7.85. The molecule has 1 atom stereocenters. The summed E-state index contributed by atoms with van der Waals surface area (Å²) in [6, 6.07) is 8.01. The molecule has 0 bridgehead atoms. The fraction of sp³-hybridized carbons (Fsp3) is 0.529. The van der Waals surface area contributed by atoms with Crippen LogP contribution in [0.1, 0.15) is 20.3 Å². The molecule has 1 aromatic rings. The van der Waals surface area contributed by atoms with Gasteiger partial charge in [-0.2, -0.15) is 0 Å². The van der Waals surface area contributed by atoms with Gasteiger partial charge in [0.05, 0.1) is 13.0 Å². The number of likely N-dealkylation sites (tertiary alicyclic amines) is 1. The molecule has 1 heterocycles. The lowest BCUT2D eigenvalue weighted by Crippen LogP contribution is -2.36. The number of nitrogens with zero attached hydrogens (tertiary/aromatic N) is 1. The Morgan fingerprint density at radius 3 is 2.65 bits per heavy atom. The molecule has 0 radical (unpaired) electrons. The molecule has 2 amide bonds. The number of ether oxygens (including phenoxy) is 1. The van der Waals surface area contributed by atoms with Gasteiger partial charge in [0, 0.05) is 36.2 Å². The number of carbonyl (C=O) groups is 2. The van der Waals surface area contributed by atoms with Crippen LogP contribution in [0, 0.1) is 5.92 Å². The minimum absolute atomic E-state index is 0.0168. The molecular weight excluding hydrogens is 312 g/mol. The predicted octanol–water partition coefficient (Wildman–Crippen LogP) is 2.16. The summed E-state index contributed by atoms with van der Waals surface area (Å²) in [6.45, 7) is 5.09. The van der Waals surface area contributed by atoms with Crippen LogP contribution < -0.4 is 10.1 Å². The molecule has 23 heavy (non-hydrogen) atoms. The van der Waals surface area contributed by atoms with Gasteiger partial charge in [0.2, 0.25) is 11.8 Å². The van der Waals surface area contributed by atoms with E-state index in [1.54, 1.807) is 23.8 Å². The van der Waals surface area contributed by atoms with Crippen molar-refractivity contribution < 1.29 is 14.3 Å². The van der Waals surface area contributed by atoms with E-state index in [0.717, 1.165) is 16.4 Å². The first kappa shape index (κ1) is 17.7. The second-order valence-electron chi connectivity index (χ2n) is 5.86. The molecule has 1 N–H and O–H groups in total. The molecule has 1 aliphatic heterocycles. The molecule has 0 saturated carbocycles. The van der Waals surface area contributed by atoms with Gasteiger partial charge in [-0.1, -0.05) is 0 Å². The molecule has 0 unspecified atom stereocenters. The van der Waals surface area contributed by atoms with E-state index in [-0.39, 0.29) is 23.8 Å². The number of methoxy groups -OCH3 is 1. The number of carbonyl (C=O) groups excluding carboxylic acids is 2. The second-order valence-corrected chi connectivity index (χ2v) is 7.02. The maximum atomic E-state index is 12.1. The van der Waals surface area contributed by atoms with Crippen molar-refractivity contribution in [3.8, 4) is 5.75 Å². The highest BCUT2D eigenvalue weighted by molar-refractivity contribution is 7.99. The number of amides is 2. The highest BCUT2D eigenvalue weighted by Gasteiger charge is 2.35. The maximum Gasteiger partial charge on any atom is 0.225 e. The lowest BCUT2D eigenvalue weighted by atomic mass is 10.1. The molecule has 0 spiro atoms. The van der Waals surface area contributed by atoms with Crippen molar-refractivity contribution in [3.63, 3.8) is 0 Å². The highest BCUT2D eigenvalue weighted by Crippen LogP contribution is 2.22. The van der Waals surface area contributed by atoms with Crippen LogP contribution in [0.25, 0.3) is 0 Å². The van der Waals surface area contributed by atoms with E-state index in [1.807, 2.05) is 38.1 Å². The molecule has 1 aromatic carbocycles. The summed E-state index contributed by atoms with van der Waals surface area (Å²) in [6.07, 6.45) is 0.329. The smallest absolute Gasteiger partial charge is 0.225 e. The Bertz CT molecular complexity index is 545. The summed E-state index contributed by atoms with van der Waals surface area (Å²) in [5.74, 6) is 1.48. The molecule has 2 rings (SSSR count). The molecule has 1 aliphatic rings. The lowest BCUT2D eigenvalue weighted by Gasteiger charge is -2.20. The van der Waals surface area contributed by atoms with Gasteiger partial charge in [0.1, 0.15) is 5.75 Å². The van der Waals surface area contributed by atoms with Crippen molar-refractivity contribution in [3.05, 3.63) is 24.3 Å². The Morgan fingerprint density at radius 2 is 2.09 bits per heavy atom. The Labute approximate surface area is 141 Å². The molecule has 6 heteroatoms. The molecule has 126 valence electrons. The van der Waals surface area contributed by atoms with Crippen LogP contribution in [0.5, 0.6) is 5.75 Å². The standard InChI is InChI=1S/C17H24N2O3S/c1-12(2)19-11-13(10-16(19)20)17(21)18-8-9-23-15-6-4-14(22-3)5-7-15/h4-7,12-13H,8-11H2,1-3H3,(H,18,21)/t13-/m0/s1. The molecule has 5 nitrogen and oxygen atoms in total. The second kappa shape index (κ2) is 8.24. The van der Waals surface area contributed by atoms with Crippen LogP contribution in [0.4, 0.5) is 0 Å². The van der Waals surface area contributed by atoms with Gasteiger partial charge >= 0.3 is 0 Å². The number of nitrogens with one attached hydrogen (secondary N) is 1. The quantitative estimate of drug-likeness (QED) is 0.612. The van der Waals surface area contributed by atoms with E-state index in [1.165, 1.54) is 0 Å². The van der Waals surface area contributed by atoms with Gasteiger partial charge in [-0.25, -0.2) is 0 Å². The zero-order chi connectivity index (χ0) is 16.8. The number of rotatable bonds is 7. The van der Waals surface area contributed by atoms with E-state index < -0.39 is 0 Å². The summed E-state index contributed by atoms with van der Waals surface area (Å²) in [7, 11) is 1.64. The monoisotopic (exact) mass is 336 g/mol. The summed E-state index contributed by atoms with van der Waals surface area (Å²) < 4.78 is 5.12. The minimum atomic E-state index is -0.212. The van der Waals surface area contributed by atoms with Crippen LogP contribution in [-0.4, -0.2) is 48.7 Å². The third-order valence-corrected chi connectivity index (χ3v) is 4.90. The number of benzene rings is 1. The maximum absolute atomic E-state index is 12.1. The van der Waals surface area contributed by atoms with E-state index in [4.69, 9.17) is 4.74 Å². The van der Waals surface area contributed by atoms with Crippen LogP contribution in [0.15, 0.2) is 29.2 Å². The van der Waals surface area contributed by atoms with Crippen LogP contribution >= 0.6 is 11.8 Å². The average molecular weight is 336 g/mol. The van der Waals surface area contributed by atoms with Gasteiger partial charge in [-0.05, 0) is 38.1 Å². The Kier molecular flexibility index (Phi) is 6.33. The first-order valence-corrected chi connectivity index (χ1v) is 8.84. The first-order chi connectivity index (χ1) is 11.0. The minimum Gasteiger partial charge on any atom is -0.497 e. The van der Waals surface area contributed by atoms with E-state index in [9.17, 15) is 9.59 Å². The molecule has 0 aliphatic carbocycles. The van der Waals surface area contributed by atoms with Gasteiger partial charge in [0.25, 0.3) is 0 Å². The molecular formula is C17H24N2O3S. The average Bonchev–Trinajstić information content (AvgIpc) is 2.94. The van der Waals surface area contributed by atoms with Crippen LogP contribution in [0.3, 0.4) is 0 Å². The lowest BCUT2D eigenvalue weighted by molar-refractivity contribution is -0.129. The summed E-state index contributed by atoms with van der Waals surface area (Å²) in [4.78, 5) is 26.9. The highest BCUT2D eigenvalue weighted by atomic mass is 32.2. The molecule has 1 saturated heterocycles.